The van der Waals surface area contributed by atoms with E-state index in [9.17, 15) is 16.8 Å². The molecule has 12 atom stereocenters. The topological polar surface area (TPSA) is 88.5 Å². The number of hydrogen-bond donors (Lipinski definition) is 1. The van der Waals surface area contributed by atoms with Crippen LogP contribution in [0.1, 0.15) is 47.5 Å². The van der Waals surface area contributed by atoms with Crippen molar-refractivity contribution >= 4 is 20.8 Å². The Morgan fingerprint density at radius 1 is 0.800 bits per heavy atom. The molecule has 0 aliphatic heterocycles. The second-order valence-electron chi connectivity index (χ2n) is 10.6. The summed E-state index contributed by atoms with van der Waals surface area (Å²) in [7, 11) is -5.70. The summed E-state index contributed by atoms with van der Waals surface area (Å²) in [5.41, 5.74) is 0. The van der Waals surface area contributed by atoms with E-state index in [1.807, 2.05) is 0 Å². The van der Waals surface area contributed by atoms with E-state index in [0.29, 0.717) is 64.9 Å². The number of hydrogen-bond acceptors (Lipinski definition) is 5. The Morgan fingerprint density at radius 2 is 1.23 bits per heavy atom. The van der Waals surface area contributed by atoms with Crippen molar-refractivity contribution in [2.75, 3.05) is 11.5 Å². The van der Waals surface area contributed by atoms with Crippen LogP contribution in [-0.2, 0) is 61.9 Å². The number of fused-ring (bicyclic) bond motifs is 4. The molecule has 30 heavy (non-hydrogen) atoms. The van der Waals surface area contributed by atoms with Gasteiger partial charge in [-0.3, -0.25) is 4.55 Å². The average Bonchev–Trinajstić information content (AvgIpc) is 3.27. The van der Waals surface area contributed by atoms with Crippen molar-refractivity contribution in [2.45, 2.75) is 47.5 Å². The Labute approximate surface area is 210 Å². The summed E-state index contributed by atoms with van der Waals surface area (Å²) in [6.07, 6.45) is 2.36. The van der Waals surface area contributed by atoms with E-state index in [0.717, 1.165) is 12.3 Å². The van der Waals surface area contributed by atoms with Gasteiger partial charge in [-0.25, -0.2) is 0 Å². The van der Waals surface area contributed by atoms with Crippen LogP contribution in [0.15, 0.2) is 0 Å². The maximum Gasteiger partial charge on any atom is 0.265 e. The molecule has 0 heterocycles. The molecular formula is C22H38O5S2Y-2. The quantitative estimate of drug-likeness (QED) is 0.329. The predicted molar refractivity (Wildman–Crippen MR) is 115 cm³/mol. The fraction of sp³-hybridized carbons (Fsp3) is 0.955. The summed E-state index contributed by atoms with van der Waals surface area (Å²) in [6, 6.07) is 0. The molecule has 4 bridgehead atoms. The molecule has 4 fully saturated rings. The maximum absolute atomic E-state index is 11.0. The molecule has 0 aromatic carbocycles. The molecule has 1 N–H and O–H groups in total. The van der Waals surface area contributed by atoms with Crippen LogP contribution in [0, 0.1) is 77.9 Å². The molecule has 4 saturated carbocycles. The first-order valence-corrected chi connectivity index (χ1v) is 14.0. The summed E-state index contributed by atoms with van der Waals surface area (Å²) >= 11 is 0. The van der Waals surface area contributed by atoms with Gasteiger partial charge >= 0.3 is 0 Å². The van der Waals surface area contributed by atoms with Crippen molar-refractivity contribution < 1.29 is 54.1 Å². The second kappa shape index (κ2) is 10.1. The SMILES string of the molecule is CC1C(C)C2CC1C(C)C2CS(=O)(=O)O.[CH2-]C1C2CC(C(C)C2C)C1C[S-](=O)=O.[Y]. The first kappa shape index (κ1) is 27.2. The fourth-order valence-electron chi connectivity index (χ4n) is 7.70. The van der Waals surface area contributed by atoms with Crippen molar-refractivity contribution in [3.8, 4) is 0 Å². The number of rotatable bonds is 4. The predicted octanol–water partition coefficient (Wildman–Crippen LogP) is 4.33. The molecule has 8 heteroatoms. The Balaban J connectivity index is 0.000000207. The van der Waals surface area contributed by atoms with Crippen molar-refractivity contribution in [1.29, 1.82) is 0 Å². The van der Waals surface area contributed by atoms with E-state index in [-0.39, 0.29) is 44.4 Å². The summed E-state index contributed by atoms with van der Waals surface area (Å²) in [5, 5.41) is 0. The third kappa shape index (κ3) is 5.21. The van der Waals surface area contributed by atoms with Gasteiger partial charge in [0.05, 0.1) is 5.75 Å². The molecule has 173 valence electrons. The standard InChI is InChI=1S/C11H20O3S.C11H18O2S.Y/c1-6-7(2)10-4-9(6)8(3)11(10)5-15(12,13)14;1-6-7(2)10-4-9(6)8(3)11(10)5-14(12)13;/h6-11H,4-5H2,1-3H3,(H,12,13,14);6-11H,3-5H2,1-2H3;/q;-2;. The van der Waals surface area contributed by atoms with Crippen LogP contribution in [0.25, 0.3) is 0 Å². The Kier molecular flexibility index (Phi) is 9.13. The molecule has 0 saturated heterocycles. The molecule has 0 aromatic rings. The van der Waals surface area contributed by atoms with Gasteiger partial charge < -0.3 is 15.3 Å². The summed E-state index contributed by atoms with van der Waals surface area (Å²) in [5.74, 6) is 6.79. The van der Waals surface area contributed by atoms with Gasteiger partial charge in [-0.1, -0.05) is 62.9 Å². The van der Waals surface area contributed by atoms with Crippen molar-refractivity contribution in [2.24, 2.45) is 71.0 Å². The van der Waals surface area contributed by atoms with E-state index >= 15 is 0 Å². The molecule has 4 rings (SSSR count). The molecule has 0 amide bonds. The van der Waals surface area contributed by atoms with E-state index in [4.69, 9.17) is 4.55 Å². The monoisotopic (exact) mass is 535 g/mol. The van der Waals surface area contributed by atoms with Crippen LogP contribution in [0.5, 0.6) is 0 Å². The van der Waals surface area contributed by atoms with Gasteiger partial charge in [0.25, 0.3) is 10.1 Å². The van der Waals surface area contributed by atoms with Gasteiger partial charge in [-0.15, -0.1) is 0 Å². The third-order valence-electron chi connectivity index (χ3n) is 9.73. The molecule has 4 aliphatic rings. The minimum absolute atomic E-state index is 0. The first-order chi connectivity index (χ1) is 13.3. The van der Waals surface area contributed by atoms with Gasteiger partial charge in [0.15, 0.2) is 0 Å². The summed E-state index contributed by atoms with van der Waals surface area (Å²) < 4.78 is 52.3. The molecule has 0 aromatic heterocycles. The van der Waals surface area contributed by atoms with Crippen LogP contribution in [-0.4, -0.2) is 24.5 Å². The van der Waals surface area contributed by atoms with Crippen LogP contribution >= 0.6 is 0 Å². The van der Waals surface area contributed by atoms with Crippen LogP contribution < -0.4 is 0 Å². The van der Waals surface area contributed by atoms with E-state index in [1.165, 1.54) is 6.42 Å². The average molecular weight is 536 g/mol. The molecule has 4 aliphatic carbocycles. The smallest absolute Gasteiger partial charge is 0.265 e. The van der Waals surface area contributed by atoms with Gasteiger partial charge in [0, 0.05) is 32.7 Å². The minimum Gasteiger partial charge on any atom is -0.424 e. The van der Waals surface area contributed by atoms with Crippen LogP contribution in [0.3, 0.4) is 0 Å². The van der Waals surface area contributed by atoms with Crippen molar-refractivity contribution in [3.05, 3.63) is 6.92 Å². The zero-order chi connectivity index (χ0) is 21.8. The van der Waals surface area contributed by atoms with Crippen molar-refractivity contribution in [3.63, 3.8) is 0 Å². The van der Waals surface area contributed by atoms with Gasteiger partial charge in [0.2, 0.25) is 0 Å². The van der Waals surface area contributed by atoms with E-state index < -0.39 is 20.8 Å². The Bertz CT molecular complexity index is 774. The summed E-state index contributed by atoms with van der Waals surface area (Å²) in [6.45, 7) is 15.4. The molecular weight excluding hydrogens is 497 g/mol. The largest absolute Gasteiger partial charge is 0.424 e. The van der Waals surface area contributed by atoms with E-state index in [2.05, 4.69) is 41.5 Å². The van der Waals surface area contributed by atoms with Crippen molar-refractivity contribution in [1.82, 2.24) is 0 Å². The van der Waals surface area contributed by atoms with Gasteiger partial charge in [-0.2, -0.15) is 14.3 Å². The maximum atomic E-state index is 11.0. The fourth-order valence-corrected chi connectivity index (χ4v) is 9.55. The Hall–Kier alpha value is 0.964. The normalized spacial score (nSPS) is 49.1. The Morgan fingerprint density at radius 3 is 1.67 bits per heavy atom. The zero-order valence-corrected chi connectivity index (χ0v) is 23.4. The molecule has 0 spiro atoms. The van der Waals surface area contributed by atoms with E-state index in [1.54, 1.807) is 0 Å². The minimum atomic E-state index is -3.80. The molecule has 1 radical (unpaired) electrons. The van der Waals surface area contributed by atoms with Crippen LogP contribution in [0.4, 0.5) is 0 Å². The van der Waals surface area contributed by atoms with Gasteiger partial charge in [0.1, 0.15) is 0 Å². The third-order valence-corrected chi connectivity index (χ3v) is 11.2. The van der Waals surface area contributed by atoms with Crippen LogP contribution in [0.2, 0.25) is 0 Å². The first-order valence-electron chi connectivity index (χ1n) is 11.2. The summed E-state index contributed by atoms with van der Waals surface area (Å²) in [4.78, 5) is 0. The molecule has 12 unspecified atom stereocenters. The second-order valence-corrected chi connectivity index (χ2v) is 13.1. The molecule has 5 nitrogen and oxygen atoms in total. The zero-order valence-electron chi connectivity index (χ0n) is 18.9. The van der Waals surface area contributed by atoms with Gasteiger partial charge in [-0.05, 0) is 66.1 Å².